The van der Waals surface area contributed by atoms with Gasteiger partial charge in [0, 0.05) is 16.7 Å². The van der Waals surface area contributed by atoms with Gasteiger partial charge in [-0.25, -0.2) is 4.79 Å². The van der Waals surface area contributed by atoms with Crippen molar-refractivity contribution in [1.29, 1.82) is 0 Å². The average Bonchev–Trinajstić information content (AvgIpc) is 3.54. The van der Waals surface area contributed by atoms with Crippen molar-refractivity contribution < 1.29 is 30.0 Å². The van der Waals surface area contributed by atoms with E-state index in [-0.39, 0.29) is 23.4 Å². The first-order valence-electron chi connectivity index (χ1n) is 15.3. The van der Waals surface area contributed by atoms with E-state index in [0.717, 1.165) is 5.57 Å². The molecule has 0 aliphatic heterocycles. The van der Waals surface area contributed by atoms with E-state index in [9.17, 15) is 19.5 Å². The number of fused-ring (bicyclic) bond motifs is 5. The largest absolute Gasteiger partial charge is 0.457 e. The summed E-state index contributed by atoms with van der Waals surface area (Å²) >= 11 is 14.5. The highest BCUT2D eigenvalue weighted by Gasteiger charge is 2.82. The highest BCUT2D eigenvalue weighted by atomic mass is 35.5. The summed E-state index contributed by atoms with van der Waals surface area (Å²) in [6.45, 7) is 12.6. The molecular weight excluding hydrogens is 563 g/mol. The van der Waals surface area contributed by atoms with Crippen molar-refractivity contribution in [1.82, 2.24) is 0 Å². The van der Waals surface area contributed by atoms with Gasteiger partial charge < -0.3 is 14.3 Å². The lowest BCUT2D eigenvalue weighted by Gasteiger charge is -2.71. The van der Waals surface area contributed by atoms with E-state index in [2.05, 4.69) is 0 Å². The fraction of sp³-hybridized carbons (Fsp3) is 0.667. The molecular formula is C33H42Cl2O6. The lowest BCUT2D eigenvalue weighted by atomic mass is 9.38. The van der Waals surface area contributed by atoms with E-state index in [1.807, 2.05) is 33.8 Å². The van der Waals surface area contributed by atoms with Crippen LogP contribution in [0.2, 0.25) is 0 Å². The Morgan fingerprint density at radius 1 is 1.27 bits per heavy atom. The number of carbonyl (C=O) groups excluding carboxylic acids is 3. The molecule has 224 valence electrons. The van der Waals surface area contributed by atoms with Crippen molar-refractivity contribution in [3.8, 4) is 0 Å². The second kappa shape index (κ2) is 9.82. The summed E-state index contributed by atoms with van der Waals surface area (Å²) in [6.07, 6.45) is 7.69. The molecule has 3 saturated carbocycles. The zero-order chi connectivity index (χ0) is 31.3. The number of furan rings is 1. The van der Waals surface area contributed by atoms with Gasteiger partial charge in [0.25, 0.3) is 0 Å². The maximum absolute atomic E-state index is 14.5. The predicted octanol–water partition coefficient (Wildman–Crippen LogP) is 7.06. The summed E-state index contributed by atoms with van der Waals surface area (Å²) in [5.74, 6) is -3.39. The minimum atomic E-state index is -2.10. The molecule has 1 heterocycles. The molecule has 1 N–H and O–H groups in total. The molecule has 5 rings (SSSR count). The number of ether oxygens (including phenoxy) is 1. The molecule has 3 unspecified atom stereocenters. The summed E-state index contributed by atoms with van der Waals surface area (Å²) in [5.41, 5.74) is -3.79. The molecule has 0 radical (unpaired) electrons. The Labute approximate surface area is 254 Å². The van der Waals surface area contributed by atoms with Gasteiger partial charge in [-0.2, -0.15) is 0 Å². The topological polar surface area (TPSA) is 93.8 Å². The molecule has 10 atom stereocenters. The summed E-state index contributed by atoms with van der Waals surface area (Å²) in [6, 6.07) is 3.04. The van der Waals surface area contributed by atoms with Crippen LogP contribution in [0.15, 0.2) is 46.1 Å². The fourth-order valence-corrected chi connectivity index (χ4v) is 11.0. The lowest BCUT2D eigenvalue weighted by molar-refractivity contribution is -0.239. The zero-order valence-corrected chi connectivity index (χ0v) is 26.5. The molecule has 6 nitrogen and oxygen atoms in total. The van der Waals surface area contributed by atoms with Crippen LogP contribution in [-0.2, 0) is 14.3 Å². The predicted molar refractivity (Wildman–Crippen MR) is 158 cm³/mol. The monoisotopic (exact) mass is 605 g/mol. The number of allylic oxidation sites excluding steroid dienone is 4. The van der Waals surface area contributed by atoms with Crippen LogP contribution in [0.1, 0.15) is 92.5 Å². The van der Waals surface area contributed by atoms with E-state index in [1.54, 1.807) is 26.0 Å². The van der Waals surface area contributed by atoms with Crippen LogP contribution in [0.3, 0.4) is 0 Å². The molecule has 1 aromatic rings. The van der Waals surface area contributed by atoms with Crippen molar-refractivity contribution in [2.45, 2.75) is 102 Å². The first kappa shape index (κ1) is 29.2. The zero-order valence-electron chi connectivity index (χ0n) is 26.0. The molecule has 8 heteroatoms. The molecule has 4 aliphatic carbocycles. The van der Waals surface area contributed by atoms with Crippen molar-refractivity contribution >= 4 is 40.7 Å². The normalized spacial score (nSPS) is 45.3. The average molecular weight is 607 g/mol. The van der Waals surface area contributed by atoms with Gasteiger partial charge in [0.1, 0.15) is 0 Å². The highest BCUT2D eigenvalue weighted by molar-refractivity contribution is 6.32. The van der Waals surface area contributed by atoms with Crippen LogP contribution in [-0.4, -0.2) is 44.1 Å². The second-order valence-corrected chi connectivity index (χ2v) is 14.2. The van der Waals surface area contributed by atoms with E-state index >= 15 is 0 Å². The quantitative estimate of drug-likeness (QED) is 0.275. The van der Waals surface area contributed by atoms with Crippen LogP contribution in [0, 0.1) is 34.5 Å². The van der Waals surface area contributed by atoms with Gasteiger partial charge in [-0.15, -0.1) is 23.2 Å². The molecule has 0 amide bonds. The Morgan fingerprint density at radius 2 is 1.95 bits per heavy atom. The van der Waals surface area contributed by atoms with Crippen molar-refractivity contribution in [2.75, 3.05) is 0 Å². The van der Waals surface area contributed by atoms with Crippen LogP contribution >= 0.6 is 23.2 Å². The molecule has 0 aromatic carbocycles. The maximum atomic E-state index is 14.5. The number of halogens is 2. The van der Waals surface area contributed by atoms with Crippen LogP contribution in [0.25, 0.3) is 0 Å². The van der Waals surface area contributed by atoms with Gasteiger partial charge in [-0.3, -0.25) is 9.59 Å². The molecule has 3 fully saturated rings. The number of carbonyl (C=O) groups is 3. The third-order valence-corrected chi connectivity index (χ3v) is 13.0. The van der Waals surface area contributed by atoms with E-state index in [1.165, 1.54) is 19.3 Å². The summed E-state index contributed by atoms with van der Waals surface area (Å²) in [5, 5.41) is 10.8. The number of esters is 1. The summed E-state index contributed by atoms with van der Waals surface area (Å²) < 4.78 is 20.4. The number of hydrogen-bond donors (Lipinski definition) is 1. The van der Waals surface area contributed by atoms with E-state index < -0.39 is 55.8 Å². The van der Waals surface area contributed by atoms with Gasteiger partial charge in [0.05, 0.1) is 23.5 Å². The Bertz CT molecular complexity index is 1370. The number of hydrogen-bond acceptors (Lipinski definition) is 6. The van der Waals surface area contributed by atoms with Gasteiger partial charge in [-0.1, -0.05) is 39.3 Å². The number of Topliss-reactive ketones (excluding diaryl/α,β-unsaturated/α-hetero) is 1. The summed E-state index contributed by atoms with van der Waals surface area (Å²) in [7, 11) is 0. The Balaban J connectivity index is 1.79. The first-order chi connectivity index (χ1) is 19.4. The van der Waals surface area contributed by atoms with Gasteiger partial charge >= 0.3 is 5.97 Å². The number of rotatable bonds is 6. The lowest BCUT2D eigenvalue weighted by Crippen LogP contribution is -2.78. The standard InChI is InChI=1S/C33H42Cl2O6/c1-8-30-17-18(3)25(36)16-22(30)12-13-23-24-15-19(4)32(27(37)20(5)34,41-28(38)26-11-10-14-40-26)31(24,9-2)21(6)29(7,39)33(23,30)35/h10-11,14,16-17,19-21,23-24,39H,8-9,12-13,15H2,1-7H3/t19-,20?,21?,23+,24-,29+,30?,31+,32+,33+/m1/s1/i20D. The summed E-state index contributed by atoms with van der Waals surface area (Å²) in [4.78, 5) is 39.8. The van der Waals surface area contributed by atoms with Crippen molar-refractivity contribution in [3.63, 3.8) is 0 Å². The van der Waals surface area contributed by atoms with Crippen LogP contribution < -0.4 is 0 Å². The SMILES string of the molecule is [2H]C(C)(Cl)C(=O)[C@@]1(OC(=O)c2ccco2)[C@H](C)C[C@@H]2[C@@H]3CCC4=CC(=O)C(C)=CC4(CC)[C@@]3(Cl)[C@@](C)(O)C(C)[C@@]21CC. The molecule has 4 aliphatic rings. The Kier molecular flexibility index (Phi) is 6.99. The Morgan fingerprint density at radius 3 is 2.51 bits per heavy atom. The Hall–Kier alpha value is -1.89. The minimum Gasteiger partial charge on any atom is -0.457 e. The highest BCUT2D eigenvalue weighted by Crippen LogP contribution is 2.77. The van der Waals surface area contributed by atoms with Crippen LogP contribution in [0.5, 0.6) is 0 Å². The minimum absolute atomic E-state index is 0.0417. The smallest absolute Gasteiger partial charge is 0.375 e. The molecule has 0 bridgehead atoms. The maximum Gasteiger partial charge on any atom is 0.375 e. The number of aliphatic hydroxyl groups is 1. The molecule has 0 saturated heterocycles. The van der Waals surface area contributed by atoms with E-state index in [4.69, 9.17) is 33.7 Å². The second-order valence-electron chi connectivity index (χ2n) is 13.0. The number of alkyl halides is 2. The number of ketones is 2. The first-order valence-corrected chi connectivity index (χ1v) is 15.6. The van der Waals surface area contributed by atoms with Gasteiger partial charge in [0.2, 0.25) is 5.76 Å². The van der Waals surface area contributed by atoms with Crippen molar-refractivity contribution in [2.24, 2.45) is 34.5 Å². The fourth-order valence-electron chi connectivity index (χ4n) is 10.1. The van der Waals surface area contributed by atoms with Gasteiger partial charge in [-0.05, 0) is 94.4 Å². The molecule has 1 aromatic heterocycles. The molecule has 0 spiro atoms. The van der Waals surface area contributed by atoms with Gasteiger partial charge in [0.15, 0.2) is 17.2 Å². The van der Waals surface area contributed by atoms with E-state index in [0.29, 0.717) is 37.7 Å². The van der Waals surface area contributed by atoms with Crippen LogP contribution in [0.4, 0.5) is 0 Å². The third kappa shape index (κ3) is 3.50. The third-order valence-electron chi connectivity index (χ3n) is 11.9. The van der Waals surface area contributed by atoms with Crippen molar-refractivity contribution in [3.05, 3.63) is 47.5 Å². The molecule has 41 heavy (non-hydrogen) atoms.